The molecule has 1 aliphatic heterocycles. The van der Waals surface area contributed by atoms with Gasteiger partial charge in [-0.3, -0.25) is 9.78 Å². The molecule has 0 unspecified atom stereocenters. The first kappa shape index (κ1) is 10.1. The van der Waals surface area contributed by atoms with Crippen LogP contribution in [0.15, 0.2) is 18.3 Å². The molecule has 1 fully saturated rings. The molecule has 1 aliphatic rings. The quantitative estimate of drug-likeness (QED) is 0.761. The molecule has 2 N–H and O–H groups in total. The fraction of sp³-hybridized carbons (Fsp3) is 0.455. The molecule has 1 saturated heterocycles. The zero-order valence-electron chi connectivity index (χ0n) is 8.81. The van der Waals surface area contributed by atoms with E-state index in [0.717, 1.165) is 18.8 Å². The Hall–Kier alpha value is -1.42. The standard InChI is InChI=1S/C11H15N3O/c1-8-2-3-10(5-13-8)11(15)14-6-9(4-12)7-14/h2-3,5,9H,4,6-7,12H2,1H3. The van der Waals surface area contributed by atoms with Crippen LogP contribution in [0.4, 0.5) is 0 Å². The Labute approximate surface area is 89.1 Å². The van der Waals surface area contributed by atoms with Gasteiger partial charge in [-0.15, -0.1) is 0 Å². The molecule has 0 aromatic carbocycles. The van der Waals surface area contributed by atoms with E-state index in [9.17, 15) is 4.79 Å². The Morgan fingerprint density at radius 3 is 2.87 bits per heavy atom. The van der Waals surface area contributed by atoms with E-state index in [-0.39, 0.29) is 5.91 Å². The first-order chi connectivity index (χ1) is 7.20. The number of pyridine rings is 1. The summed E-state index contributed by atoms with van der Waals surface area (Å²) in [5, 5.41) is 0. The van der Waals surface area contributed by atoms with E-state index in [1.807, 2.05) is 24.0 Å². The summed E-state index contributed by atoms with van der Waals surface area (Å²) in [6, 6.07) is 3.67. The predicted octanol–water partition coefficient (Wildman–Crippen LogP) is 0.421. The average molecular weight is 205 g/mol. The molecule has 1 amide bonds. The number of rotatable bonds is 2. The summed E-state index contributed by atoms with van der Waals surface area (Å²) in [7, 11) is 0. The Morgan fingerprint density at radius 1 is 1.60 bits per heavy atom. The number of likely N-dealkylation sites (tertiary alicyclic amines) is 1. The first-order valence-electron chi connectivity index (χ1n) is 5.12. The van der Waals surface area contributed by atoms with Crippen molar-refractivity contribution in [2.75, 3.05) is 19.6 Å². The van der Waals surface area contributed by atoms with Crippen LogP contribution in [0.25, 0.3) is 0 Å². The Balaban J connectivity index is 2.00. The molecule has 0 aliphatic carbocycles. The number of nitrogens with zero attached hydrogens (tertiary/aromatic N) is 2. The molecule has 80 valence electrons. The van der Waals surface area contributed by atoms with Crippen LogP contribution >= 0.6 is 0 Å². The van der Waals surface area contributed by atoms with Gasteiger partial charge in [-0.05, 0) is 25.6 Å². The van der Waals surface area contributed by atoms with E-state index in [2.05, 4.69) is 4.98 Å². The van der Waals surface area contributed by atoms with Crippen molar-refractivity contribution in [3.8, 4) is 0 Å². The van der Waals surface area contributed by atoms with Gasteiger partial charge in [-0.1, -0.05) is 0 Å². The second-order valence-electron chi connectivity index (χ2n) is 4.00. The lowest BCUT2D eigenvalue weighted by atomic mass is 9.99. The minimum absolute atomic E-state index is 0.0622. The highest BCUT2D eigenvalue weighted by Gasteiger charge is 2.29. The lowest BCUT2D eigenvalue weighted by molar-refractivity contribution is 0.0515. The van der Waals surface area contributed by atoms with Gasteiger partial charge in [-0.25, -0.2) is 0 Å². The van der Waals surface area contributed by atoms with E-state index in [0.29, 0.717) is 18.0 Å². The fourth-order valence-electron chi connectivity index (χ4n) is 1.66. The van der Waals surface area contributed by atoms with E-state index in [1.54, 1.807) is 6.20 Å². The third-order valence-corrected chi connectivity index (χ3v) is 2.74. The van der Waals surface area contributed by atoms with Crippen LogP contribution in [0.2, 0.25) is 0 Å². The molecule has 0 atom stereocenters. The smallest absolute Gasteiger partial charge is 0.255 e. The second kappa shape index (κ2) is 3.98. The van der Waals surface area contributed by atoms with Gasteiger partial charge < -0.3 is 10.6 Å². The summed E-state index contributed by atoms with van der Waals surface area (Å²) in [5.74, 6) is 0.541. The number of aromatic nitrogens is 1. The molecule has 2 rings (SSSR count). The van der Waals surface area contributed by atoms with E-state index in [1.165, 1.54) is 0 Å². The van der Waals surface area contributed by atoms with Crippen LogP contribution in [-0.2, 0) is 0 Å². The number of nitrogens with two attached hydrogens (primary N) is 1. The van der Waals surface area contributed by atoms with Crippen LogP contribution in [-0.4, -0.2) is 35.4 Å². The summed E-state index contributed by atoms with van der Waals surface area (Å²) in [6.45, 7) is 4.13. The Kier molecular flexibility index (Phi) is 2.68. The van der Waals surface area contributed by atoms with Gasteiger partial charge in [0.25, 0.3) is 5.91 Å². The van der Waals surface area contributed by atoms with Gasteiger partial charge in [0.05, 0.1) is 5.56 Å². The van der Waals surface area contributed by atoms with Crippen LogP contribution in [0.1, 0.15) is 16.1 Å². The minimum Gasteiger partial charge on any atom is -0.338 e. The highest BCUT2D eigenvalue weighted by Crippen LogP contribution is 2.17. The van der Waals surface area contributed by atoms with Crippen molar-refractivity contribution in [3.63, 3.8) is 0 Å². The number of aryl methyl sites for hydroxylation is 1. The third-order valence-electron chi connectivity index (χ3n) is 2.74. The summed E-state index contributed by atoms with van der Waals surface area (Å²) < 4.78 is 0. The monoisotopic (exact) mass is 205 g/mol. The maximum Gasteiger partial charge on any atom is 0.255 e. The molecular weight excluding hydrogens is 190 g/mol. The fourth-order valence-corrected chi connectivity index (χ4v) is 1.66. The number of carbonyl (C=O) groups is 1. The zero-order valence-corrected chi connectivity index (χ0v) is 8.81. The van der Waals surface area contributed by atoms with Crippen LogP contribution in [0.3, 0.4) is 0 Å². The van der Waals surface area contributed by atoms with Crippen molar-refractivity contribution < 1.29 is 4.79 Å². The van der Waals surface area contributed by atoms with Crippen molar-refractivity contribution in [2.24, 2.45) is 11.7 Å². The first-order valence-corrected chi connectivity index (χ1v) is 5.12. The van der Waals surface area contributed by atoms with Gasteiger partial charge in [0.1, 0.15) is 0 Å². The SMILES string of the molecule is Cc1ccc(C(=O)N2CC(CN)C2)cn1. The Bertz CT molecular complexity index is 355. The van der Waals surface area contributed by atoms with Gasteiger partial charge in [-0.2, -0.15) is 0 Å². The van der Waals surface area contributed by atoms with Gasteiger partial charge in [0, 0.05) is 30.9 Å². The molecule has 4 nitrogen and oxygen atoms in total. The average Bonchev–Trinajstić information content (AvgIpc) is 2.17. The van der Waals surface area contributed by atoms with Crippen LogP contribution in [0, 0.1) is 12.8 Å². The zero-order chi connectivity index (χ0) is 10.8. The van der Waals surface area contributed by atoms with Crippen LogP contribution in [0.5, 0.6) is 0 Å². The Morgan fingerprint density at radius 2 is 2.33 bits per heavy atom. The summed E-state index contributed by atoms with van der Waals surface area (Å²) in [6.07, 6.45) is 1.63. The molecule has 1 aromatic rings. The van der Waals surface area contributed by atoms with Crippen LogP contribution < -0.4 is 5.73 Å². The third kappa shape index (κ3) is 1.99. The topological polar surface area (TPSA) is 59.2 Å². The summed E-state index contributed by atoms with van der Waals surface area (Å²) in [5.41, 5.74) is 7.09. The normalized spacial score (nSPS) is 16.3. The number of hydrogen-bond donors (Lipinski definition) is 1. The van der Waals surface area contributed by atoms with E-state index in [4.69, 9.17) is 5.73 Å². The lowest BCUT2D eigenvalue weighted by Gasteiger charge is -2.38. The van der Waals surface area contributed by atoms with Gasteiger partial charge in [0.15, 0.2) is 0 Å². The van der Waals surface area contributed by atoms with E-state index < -0.39 is 0 Å². The molecule has 0 radical (unpaired) electrons. The molecule has 2 heterocycles. The molecule has 15 heavy (non-hydrogen) atoms. The largest absolute Gasteiger partial charge is 0.338 e. The minimum atomic E-state index is 0.0622. The van der Waals surface area contributed by atoms with Crippen molar-refractivity contribution in [2.45, 2.75) is 6.92 Å². The highest BCUT2D eigenvalue weighted by molar-refractivity contribution is 5.94. The molecular formula is C11H15N3O. The lowest BCUT2D eigenvalue weighted by Crippen LogP contribution is -2.52. The van der Waals surface area contributed by atoms with Gasteiger partial charge in [0.2, 0.25) is 0 Å². The van der Waals surface area contributed by atoms with Crippen molar-refractivity contribution in [1.29, 1.82) is 0 Å². The number of amides is 1. The number of hydrogen-bond acceptors (Lipinski definition) is 3. The van der Waals surface area contributed by atoms with Crippen molar-refractivity contribution in [3.05, 3.63) is 29.6 Å². The molecule has 0 bridgehead atoms. The summed E-state index contributed by atoms with van der Waals surface area (Å²) >= 11 is 0. The molecule has 0 spiro atoms. The van der Waals surface area contributed by atoms with Crippen molar-refractivity contribution >= 4 is 5.91 Å². The number of carbonyl (C=O) groups excluding carboxylic acids is 1. The predicted molar refractivity (Wildman–Crippen MR) is 57.4 cm³/mol. The van der Waals surface area contributed by atoms with E-state index >= 15 is 0 Å². The second-order valence-corrected chi connectivity index (χ2v) is 4.00. The molecule has 1 aromatic heterocycles. The summed E-state index contributed by atoms with van der Waals surface area (Å²) in [4.78, 5) is 17.8. The van der Waals surface area contributed by atoms with Gasteiger partial charge >= 0.3 is 0 Å². The maximum atomic E-state index is 11.8. The highest BCUT2D eigenvalue weighted by atomic mass is 16.2. The molecule has 4 heteroatoms. The maximum absolute atomic E-state index is 11.8. The molecule has 0 saturated carbocycles. The van der Waals surface area contributed by atoms with Crippen molar-refractivity contribution in [1.82, 2.24) is 9.88 Å².